The summed E-state index contributed by atoms with van der Waals surface area (Å²) in [6, 6.07) is 12.9. The van der Waals surface area contributed by atoms with Gasteiger partial charge in [0.15, 0.2) is 0 Å². The van der Waals surface area contributed by atoms with E-state index >= 15 is 0 Å². The highest BCUT2D eigenvalue weighted by atomic mass is 16.5. The van der Waals surface area contributed by atoms with Gasteiger partial charge < -0.3 is 9.64 Å². The molecular weight excluding hydrogens is 382 g/mol. The van der Waals surface area contributed by atoms with Crippen LogP contribution in [-0.4, -0.2) is 30.2 Å². The number of benzene rings is 2. The molecule has 1 heterocycles. The van der Waals surface area contributed by atoms with E-state index in [-0.39, 0.29) is 0 Å². The van der Waals surface area contributed by atoms with Gasteiger partial charge in [-0.2, -0.15) is 0 Å². The van der Waals surface area contributed by atoms with E-state index in [1.807, 2.05) is 6.07 Å². The van der Waals surface area contributed by atoms with Crippen molar-refractivity contribution < 1.29 is 4.74 Å². The van der Waals surface area contributed by atoms with Crippen molar-refractivity contribution >= 4 is 16.7 Å². The van der Waals surface area contributed by atoms with E-state index < -0.39 is 0 Å². The molecule has 164 valence electrons. The molecule has 4 nitrogen and oxygen atoms in total. The van der Waals surface area contributed by atoms with Crippen molar-refractivity contribution in [3.05, 3.63) is 58.9 Å². The van der Waals surface area contributed by atoms with Crippen molar-refractivity contribution in [1.82, 2.24) is 9.97 Å². The fourth-order valence-corrected chi connectivity index (χ4v) is 4.28. The number of ether oxygens (including phenoxy) is 1. The average Bonchev–Trinajstić information content (AvgIpc) is 3.62. The van der Waals surface area contributed by atoms with Crippen molar-refractivity contribution in [3.63, 3.8) is 0 Å². The first-order chi connectivity index (χ1) is 15.1. The SMILES string of the molecule is CCCN(CCCCc1ccccc1OC)c1nc(C2CC2)nc2cc(C)c(C)cc12. The molecule has 3 aromatic rings. The van der Waals surface area contributed by atoms with Crippen LogP contribution in [0.2, 0.25) is 0 Å². The van der Waals surface area contributed by atoms with Crippen LogP contribution in [0.3, 0.4) is 0 Å². The van der Waals surface area contributed by atoms with Gasteiger partial charge in [-0.1, -0.05) is 25.1 Å². The van der Waals surface area contributed by atoms with Gasteiger partial charge in [-0.3, -0.25) is 0 Å². The Labute approximate surface area is 186 Å². The standard InChI is InChI=1S/C27H35N3O/c1-5-15-30(16-9-8-11-21-10-6-7-12-25(21)31-4)27-23-17-19(2)20(3)18-24(23)28-26(29-27)22-13-14-22/h6-7,10,12,17-18,22H,5,8-9,11,13-16H2,1-4H3. The van der Waals surface area contributed by atoms with Crippen molar-refractivity contribution in [2.75, 3.05) is 25.1 Å². The van der Waals surface area contributed by atoms with Gasteiger partial charge in [-0.15, -0.1) is 0 Å². The Kier molecular flexibility index (Phi) is 6.74. The molecule has 2 aromatic carbocycles. The minimum Gasteiger partial charge on any atom is -0.496 e. The molecule has 0 spiro atoms. The van der Waals surface area contributed by atoms with E-state index in [2.05, 4.69) is 56.0 Å². The number of rotatable bonds is 10. The molecule has 0 N–H and O–H groups in total. The Hall–Kier alpha value is -2.62. The molecular formula is C27H35N3O. The van der Waals surface area contributed by atoms with E-state index in [1.165, 1.54) is 34.9 Å². The van der Waals surface area contributed by atoms with E-state index in [9.17, 15) is 0 Å². The van der Waals surface area contributed by atoms with Gasteiger partial charge in [0.05, 0.1) is 12.6 Å². The van der Waals surface area contributed by atoms with Crippen molar-refractivity contribution in [2.24, 2.45) is 0 Å². The van der Waals surface area contributed by atoms with Crippen molar-refractivity contribution in [3.8, 4) is 5.75 Å². The smallest absolute Gasteiger partial charge is 0.140 e. The first-order valence-electron chi connectivity index (χ1n) is 11.8. The lowest BCUT2D eigenvalue weighted by Crippen LogP contribution is -2.27. The van der Waals surface area contributed by atoms with E-state index in [1.54, 1.807) is 7.11 Å². The number of aromatic nitrogens is 2. The summed E-state index contributed by atoms with van der Waals surface area (Å²) in [6.07, 6.45) is 6.87. The molecule has 0 saturated heterocycles. The lowest BCUT2D eigenvalue weighted by atomic mass is 10.1. The minimum atomic E-state index is 0.554. The summed E-state index contributed by atoms with van der Waals surface area (Å²) in [5.74, 6) is 3.73. The van der Waals surface area contributed by atoms with Crippen LogP contribution in [0.4, 0.5) is 5.82 Å². The Balaban J connectivity index is 1.55. The first kappa shape index (κ1) is 21.6. The van der Waals surface area contributed by atoms with Gasteiger partial charge in [-0.25, -0.2) is 9.97 Å². The second kappa shape index (κ2) is 9.67. The molecule has 0 aliphatic heterocycles. The number of anilines is 1. The van der Waals surface area contributed by atoms with Crippen LogP contribution in [-0.2, 0) is 6.42 Å². The molecule has 4 heteroatoms. The predicted molar refractivity (Wildman–Crippen MR) is 129 cm³/mol. The summed E-state index contributed by atoms with van der Waals surface area (Å²) < 4.78 is 5.51. The Morgan fingerprint density at radius 3 is 2.52 bits per heavy atom. The number of nitrogens with zero attached hydrogens (tertiary/aromatic N) is 3. The van der Waals surface area contributed by atoms with Crippen LogP contribution in [0.25, 0.3) is 10.9 Å². The number of methoxy groups -OCH3 is 1. The molecule has 31 heavy (non-hydrogen) atoms. The number of fused-ring (bicyclic) bond motifs is 1. The maximum atomic E-state index is 5.51. The van der Waals surface area contributed by atoms with Gasteiger partial charge in [0.2, 0.25) is 0 Å². The lowest BCUT2D eigenvalue weighted by molar-refractivity contribution is 0.409. The van der Waals surface area contributed by atoms with Crippen LogP contribution >= 0.6 is 0 Å². The maximum Gasteiger partial charge on any atom is 0.140 e. The highest BCUT2D eigenvalue weighted by molar-refractivity contribution is 5.91. The predicted octanol–water partition coefficient (Wildman–Crippen LogP) is 6.37. The summed E-state index contributed by atoms with van der Waals surface area (Å²) in [7, 11) is 1.75. The topological polar surface area (TPSA) is 38.2 Å². The second-order valence-corrected chi connectivity index (χ2v) is 8.89. The zero-order valence-corrected chi connectivity index (χ0v) is 19.4. The largest absolute Gasteiger partial charge is 0.496 e. The average molecular weight is 418 g/mol. The van der Waals surface area contributed by atoms with Crippen LogP contribution in [0.5, 0.6) is 5.75 Å². The molecule has 0 unspecified atom stereocenters. The van der Waals surface area contributed by atoms with Gasteiger partial charge in [-0.05, 0) is 87.3 Å². The quantitative estimate of drug-likeness (QED) is 0.359. The highest BCUT2D eigenvalue weighted by Gasteiger charge is 2.28. The molecule has 1 aromatic heterocycles. The lowest BCUT2D eigenvalue weighted by Gasteiger charge is -2.25. The summed E-state index contributed by atoms with van der Waals surface area (Å²) in [4.78, 5) is 12.6. The zero-order valence-electron chi connectivity index (χ0n) is 19.4. The third kappa shape index (κ3) is 5.00. The Bertz CT molecular complexity index is 1040. The summed E-state index contributed by atoms with van der Waals surface area (Å²) in [5, 5.41) is 1.20. The molecule has 0 atom stereocenters. The van der Waals surface area contributed by atoms with E-state index in [0.29, 0.717) is 5.92 Å². The number of hydrogen-bond acceptors (Lipinski definition) is 4. The summed E-state index contributed by atoms with van der Waals surface area (Å²) >= 11 is 0. The third-order valence-corrected chi connectivity index (χ3v) is 6.36. The summed E-state index contributed by atoms with van der Waals surface area (Å²) in [6.45, 7) is 8.66. The van der Waals surface area contributed by atoms with Crippen LogP contribution < -0.4 is 9.64 Å². The minimum absolute atomic E-state index is 0.554. The van der Waals surface area contributed by atoms with Gasteiger partial charge >= 0.3 is 0 Å². The molecule has 0 amide bonds. The number of hydrogen-bond donors (Lipinski definition) is 0. The maximum absolute atomic E-state index is 5.51. The van der Waals surface area contributed by atoms with E-state index in [4.69, 9.17) is 14.7 Å². The van der Waals surface area contributed by atoms with Crippen molar-refractivity contribution in [1.29, 1.82) is 0 Å². The number of para-hydroxylation sites is 1. The molecule has 1 fully saturated rings. The fourth-order valence-electron chi connectivity index (χ4n) is 4.28. The van der Waals surface area contributed by atoms with Crippen LogP contribution in [0, 0.1) is 13.8 Å². The number of unbranched alkanes of at least 4 members (excludes halogenated alkanes) is 1. The van der Waals surface area contributed by atoms with Crippen LogP contribution in [0.1, 0.15) is 67.5 Å². The zero-order chi connectivity index (χ0) is 21.8. The second-order valence-electron chi connectivity index (χ2n) is 8.89. The monoisotopic (exact) mass is 417 g/mol. The van der Waals surface area contributed by atoms with Gasteiger partial charge in [0.1, 0.15) is 17.4 Å². The Morgan fingerprint density at radius 1 is 1.00 bits per heavy atom. The molecule has 1 aliphatic rings. The molecule has 1 saturated carbocycles. The highest BCUT2D eigenvalue weighted by Crippen LogP contribution is 2.40. The molecule has 1 aliphatic carbocycles. The van der Waals surface area contributed by atoms with Crippen LogP contribution in [0.15, 0.2) is 36.4 Å². The molecule has 0 bridgehead atoms. The van der Waals surface area contributed by atoms with Gasteiger partial charge in [0.25, 0.3) is 0 Å². The van der Waals surface area contributed by atoms with Gasteiger partial charge in [0, 0.05) is 24.4 Å². The number of aryl methyl sites for hydroxylation is 3. The third-order valence-electron chi connectivity index (χ3n) is 6.36. The normalized spacial score (nSPS) is 13.5. The summed E-state index contributed by atoms with van der Waals surface area (Å²) in [5.41, 5.74) is 5.01. The Morgan fingerprint density at radius 2 is 1.77 bits per heavy atom. The van der Waals surface area contributed by atoms with E-state index in [0.717, 1.165) is 61.7 Å². The van der Waals surface area contributed by atoms with Crippen molar-refractivity contribution in [2.45, 2.75) is 65.2 Å². The molecule has 4 rings (SSSR count). The molecule has 0 radical (unpaired) electrons. The first-order valence-corrected chi connectivity index (χ1v) is 11.8. The fraction of sp³-hybridized carbons (Fsp3) is 0.481.